The fourth-order valence-electron chi connectivity index (χ4n) is 3.29. The average Bonchev–Trinajstić information content (AvgIpc) is 2.68. The van der Waals surface area contributed by atoms with Crippen LogP contribution in [0.3, 0.4) is 0 Å². The Labute approximate surface area is 166 Å². The highest BCUT2D eigenvalue weighted by Gasteiger charge is 2.26. The summed E-state index contributed by atoms with van der Waals surface area (Å²) < 4.78 is 39.7. The molecule has 0 unspecified atom stereocenters. The van der Waals surface area contributed by atoms with E-state index in [4.69, 9.17) is 0 Å². The summed E-state index contributed by atoms with van der Waals surface area (Å²) >= 11 is 0. The summed E-state index contributed by atoms with van der Waals surface area (Å²) in [5, 5.41) is 5.13. The molecular formula is C20H23F3N4O2+2. The highest BCUT2D eigenvalue weighted by atomic mass is 19.1. The van der Waals surface area contributed by atoms with Gasteiger partial charge in [0, 0.05) is 11.8 Å². The first-order valence-electron chi connectivity index (χ1n) is 9.36. The Morgan fingerprint density at radius 2 is 1.28 bits per heavy atom. The Bertz CT molecular complexity index is 869. The van der Waals surface area contributed by atoms with Crippen molar-refractivity contribution in [1.29, 1.82) is 0 Å². The molecule has 1 aliphatic heterocycles. The molecule has 4 N–H and O–H groups in total. The fraction of sp³-hybridized carbons (Fsp3) is 0.300. The van der Waals surface area contributed by atoms with Crippen molar-refractivity contribution in [2.24, 2.45) is 0 Å². The summed E-state index contributed by atoms with van der Waals surface area (Å²) in [6.45, 7) is 3.19. The van der Waals surface area contributed by atoms with E-state index in [-0.39, 0.29) is 36.4 Å². The number of anilines is 2. The molecule has 2 amide bonds. The lowest BCUT2D eigenvalue weighted by Crippen LogP contribution is -3.28. The number of hydrogen-bond acceptors (Lipinski definition) is 2. The summed E-state index contributed by atoms with van der Waals surface area (Å²) in [6, 6.07) is 8.48. The maximum absolute atomic E-state index is 13.6. The zero-order valence-corrected chi connectivity index (χ0v) is 15.7. The molecule has 0 saturated carbocycles. The molecule has 9 heteroatoms. The van der Waals surface area contributed by atoms with Gasteiger partial charge in [-0.2, -0.15) is 0 Å². The summed E-state index contributed by atoms with van der Waals surface area (Å²) in [5.74, 6) is -2.21. The zero-order valence-electron chi connectivity index (χ0n) is 15.7. The molecule has 154 valence electrons. The first-order valence-corrected chi connectivity index (χ1v) is 9.36. The minimum absolute atomic E-state index is 0.144. The van der Waals surface area contributed by atoms with Gasteiger partial charge in [0.1, 0.15) is 43.6 Å². The smallest absolute Gasteiger partial charge is 0.279 e. The van der Waals surface area contributed by atoms with Gasteiger partial charge in [0.05, 0.1) is 5.69 Å². The molecule has 0 atom stereocenters. The third kappa shape index (κ3) is 6.30. The predicted molar refractivity (Wildman–Crippen MR) is 101 cm³/mol. The third-order valence-electron chi connectivity index (χ3n) is 4.82. The summed E-state index contributed by atoms with van der Waals surface area (Å²) in [6.07, 6.45) is 0. The van der Waals surface area contributed by atoms with Crippen LogP contribution >= 0.6 is 0 Å². The number of amides is 2. The Balaban J connectivity index is 1.40. The minimum atomic E-state index is -0.684. The van der Waals surface area contributed by atoms with Gasteiger partial charge in [0.25, 0.3) is 11.8 Å². The zero-order chi connectivity index (χ0) is 20.8. The van der Waals surface area contributed by atoms with Crippen LogP contribution in [0.5, 0.6) is 0 Å². The molecule has 6 nitrogen and oxygen atoms in total. The van der Waals surface area contributed by atoms with Crippen molar-refractivity contribution in [1.82, 2.24) is 0 Å². The molecule has 0 aliphatic carbocycles. The van der Waals surface area contributed by atoms with Crippen molar-refractivity contribution in [2.75, 3.05) is 49.9 Å². The second kappa shape index (κ2) is 9.53. The number of halogens is 3. The standard InChI is InChI=1S/C20H21F3N4O2/c21-14-1-4-16(5-2-14)24-19(28)12-26-7-9-27(10-8-26)13-20(29)25-18-11-15(22)3-6-17(18)23/h1-6,11H,7-10,12-13H2,(H,24,28)(H,25,29)/p+2. The predicted octanol–water partition coefficient (Wildman–Crippen LogP) is -0.535. The number of rotatable bonds is 6. The van der Waals surface area contributed by atoms with Gasteiger partial charge in [-0.25, -0.2) is 13.2 Å². The summed E-state index contributed by atoms with van der Waals surface area (Å²) in [4.78, 5) is 26.3. The Morgan fingerprint density at radius 3 is 1.86 bits per heavy atom. The van der Waals surface area contributed by atoms with Gasteiger partial charge in [0.2, 0.25) is 0 Å². The SMILES string of the molecule is O=C(C[NH+]1CC[NH+](CC(=O)Nc2cc(F)ccc2F)CC1)Nc1ccc(F)cc1. The lowest BCUT2D eigenvalue weighted by molar-refractivity contribution is -1.00. The van der Waals surface area contributed by atoms with Gasteiger partial charge >= 0.3 is 0 Å². The molecule has 3 rings (SSSR count). The van der Waals surface area contributed by atoms with Gasteiger partial charge < -0.3 is 20.4 Å². The number of hydrogen-bond donors (Lipinski definition) is 4. The molecule has 29 heavy (non-hydrogen) atoms. The number of piperazine rings is 1. The van der Waals surface area contributed by atoms with E-state index in [2.05, 4.69) is 10.6 Å². The first kappa shape index (κ1) is 20.8. The fourth-order valence-corrected chi connectivity index (χ4v) is 3.29. The van der Waals surface area contributed by atoms with Gasteiger partial charge in [0.15, 0.2) is 13.1 Å². The highest BCUT2D eigenvalue weighted by Crippen LogP contribution is 2.14. The van der Waals surface area contributed by atoms with Gasteiger partial charge in [-0.15, -0.1) is 0 Å². The van der Waals surface area contributed by atoms with E-state index in [9.17, 15) is 22.8 Å². The van der Waals surface area contributed by atoms with Crippen LogP contribution in [0.2, 0.25) is 0 Å². The van der Waals surface area contributed by atoms with Crippen LogP contribution in [0, 0.1) is 17.5 Å². The molecule has 0 spiro atoms. The van der Waals surface area contributed by atoms with Crippen molar-refractivity contribution >= 4 is 23.2 Å². The van der Waals surface area contributed by atoms with Crippen molar-refractivity contribution < 1.29 is 32.6 Å². The van der Waals surface area contributed by atoms with Crippen LogP contribution in [0.4, 0.5) is 24.5 Å². The number of nitrogens with one attached hydrogen (secondary N) is 4. The van der Waals surface area contributed by atoms with Crippen molar-refractivity contribution in [3.8, 4) is 0 Å². The number of benzene rings is 2. The number of carbonyl (C=O) groups excluding carboxylic acids is 2. The van der Waals surface area contributed by atoms with Crippen LogP contribution in [0.15, 0.2) is 42.5 Å². The monoisotopic (exact) mass is 408 g/mol. The van der Waals surface area contributed by atoms with Crippen LogP contribution in [-0.4, -0.2) is 51.1 Å². The number of quaternary nitrogens is 2. The quantitative estimate of drug-likeness (QED) is 0.519. The first-order chi connectivity index (χ1) is 13.9. The lowest BCUT2D eigenvalue weighted by atomic mass is 10.2. The van der Waals surface area contributed by atoms with Gasteiger partial charge in [-0.3, -0.25) is 9.59 Å². The Morgan fingerprint density at radius 1 is 0.759 bits per heavy atom. The third-order valence-corrected chi connectivity index (χ3v) is 4.82. The highest BCUT2D eigenvalue weighted by molar-refractivity contribution is 5.92. The van der Waals surface area contributed by atoms with Gasteiger partial charge in [-0.05, 0) is 36.4 Å². The molecule has 0 aromatic heterocycles. The minimum Gasteiger partial charge on any atom is -0.321 e. The summed E-state index contributed by atoms with van der Waals surface area (Å²) in [7, 11) is 0. The van der Waals surface area contributed by atoms with E-state index in [1.165, 1.54) is 24.3 Å². The van der Waals surface area contributed by atoms with Crippen LogP contribution in [0.1, 0.15) is 0 Å². The van der Waals surface area contributed by atoms with Crippen molar-refractivity contribution in [3.63, 3.8) is 0 Å². The van der Waals surface area contributed by atoms with Gasteiger partial charge in [-0.1, -0.05) is 0 Å². The number of carbonyl (C=O) groups is 2. The van der Waals surface area contributed by atoms with E-state index in [0.717, 1.165) is 28.0 Å². The van der Waals surface area contributed by atoms with E-state index in [1.54, 1.807) is 0 Å². The molecule has 1 aliphatic rings. The van der Waals surface area contributed by atoms with E-state index < -0.39 is 11.6 Å². The molecule has 1 saturated heterocycles. The van der Waals surface area contributed by atoms with E-state index in [0.29, 0.717) is 31.9 Å². The molecule has 2 aromatic carbocycles. The second-order valence-corrected chi connectivity index (χ2v) is 7.08. The van der Waals surface area contributed by atoms with Crippen LogP contribution in [-0.2, 0) is 9.59 Å². The largest absolute Gasteiger partial charge is 0.321 e. The second-order valence-electron chi connectivity index (χ2n) is 7.08. The Hall–Kier alpha value is -2.91. The van der Waals surface area contributed by atoms with E-state index >= 15 is 0 Å². The molecule has 0 radical (unpaired) electrons. The molecule has 1 fully saturated rings. The summed E-state index contributed by atoms with van der Waals surface area (Å²) in [5.41, 5.74) is 0.373. The van der Waals surface area contributed by atoms with Crippen molar-refractivity contribution in [2.45, 2.75) is 0 Å². The average molecular weight is 408 g/mol. The lowest BCUT2D eigenvalue weighted by Gasteiger charge is -2.29. The molecule has 1 heterocycles. The Kier molecular flexibility index (Phi) is 6.84. The topological polar surface area (TPSA) is 67.1 Å². The maximum atomic E-state index is 13.6. The van der Waals surface area contributed by atoms with Crippen LogP contribution < -0.4 is 20.4 Å². The maximum Gasteiger partial charge on any atom is 0.279 e. The molecule has 0 bridgehead atoms. The van der Waals surface area contributed by atoms with Crippen molar-refractivity contribution in [3.05, 3.63) is 59.9 Å². The molecular weight excluding hydrogens is 385 g/mol. The van der Waals surface area contributed by atoms with Crippen LogP contribution in [0.25, 0.3) is 0 Å². The normalized spacial score (nSPS) is 18.9. The van der Waals surface area contributed by atoms with E-state index in [1.807, 2.05) is 0 Å². The molecule has 2 aromatic rings.